The number of imidazole rings is 1. The van der Waals surface area contributed by atoms with Gasteiger partial charge >= 0.3 is 0 Å². The molecule has 5 heteroatoms. The first-order valence-electron chi connectivity index (χ1n) is 7.98. The van der Waals surface area contributed by atoms with Crippen molar-refractivity contribution in [1.29, 1.82) is 0 Å². The zero-order chi connectivity index (χ0) is 15.8. The van der Waals surface area contributed by atoms with Crippen molar-refractivity contribution in [2.24, 2.45) is 0 Å². The average Bonchev–Trinajstić information content (AvgIpc) is 3.22. The van der Waals surface area contributed by atoms with Crippen LogP contribution in [0.5, 0.6) is 0 Å². The largest absolute Gasteiger partial charge is 0.472 e. The lowest BCUT2D eigenvalue weighted by Gasteiger charge is -2.25. The Morgan fingerprint density at radius 1 is 1.22 bits per heavy atom. The van der Waals surface area contributed by atoms with Crippen molar-refractivity contribution in [3.8, 4) is 11.4 Å². The Balaban J connectivity index is 1.92. The van der Waals surface area contributed by atoms with E-state index in [0.717, 1.165) is 35.3 Å². The Morgan fingerprint density at radius 3 is 2.74 bits per heavy atom. The normalized spacial score (nSPS) is 16.0. The highest BCUT2D eigenvalue weighted by atomic mass is 35.5. The highest BCUT2D eigenvalue weighted by Gasteiger charge is 2.23. The van der Waals surface area contributed by atoms with Gasteiger partial charge in [-0.1, -0.05) is 19.3 Å². The van der Waals surface area contributed by atoms with Crippen molar-refractivity contribution in [3.05, 3.63) is 42.4 Å². The molecule has 0 bridgehead atoms. The van der Waals surface area contributed by atoms with Crippen molar-refractivity contribution in [1.82, 2.24) is 9.55 Å². The van der Waals surface area contributed by atoms with Crippen LogP contribution < -0.4 is 0 Å². The van der Waals surface area contributed by atoms with Crippen LogP contribution in [0.3, 0.4) is 0 Å². The summed E-state index contributed by atoms with van der Waals surface area (Å²) < 4.78 is 7.55. The molecule has 0 N–H and O–H groups in total. The Labute approximate surface area is 139 Å². The lowest BCUT2D eigenvalue weighted by Crippen LogP contribution is -2.13. The summed E-state index contributed by atoms with van der Waals surface area (Å²) in [5.74, 6) is 0.903. The summed E-state index contributed by atoms with van der Waals surface area (Å²) in [7, 11) is 0. The van der Waals surface area contributed by atoms with Gasteiger partial charge in [0.2, 0.25) is 0 Å². The van der Waals surface area contributed by atoms with Gasteiger partial charge in [-0.2, -0.15) is 0 Å². The monoisotopic (exact) mass is 328 g/mol. The van der Waals surface area contributed by atoms with Gasteiger partial charge in [-0.15, -0.1) is 0 Å². The molecule has 1 fully saturated rings. The summed E-state index contributed by atoms with van der Waals surface area (Å²) in [4.78, 5) is 16.2. The van der Waals surface area contributed by atoms with E-state index in [9.17, 15) is 4.79 Å². The number of rotatable bonds is 3. The third kappa shape index (κ3) is 2.57. The number of aromatic nitrogens is 2. The van der Waals surface area contributed by atoms with Crippen LogP contribution >= 0.6 is 11.6 Å². The number of benzene rings is 1. The fourth-order valence-corrected chi connectivity index (χ4v) is 3.64. The number of hydrogen-bond donors (Lipinski definition) is 0. The molecule has 0 atom stereocenters. The molecule has 0 spiro atoms. The van der Waals surface area contributed by atoms with Gasteiger partial charge in [0.25, 0.3) is 5.24 Å². The number of nitrogens with zero attached hydrogens (tertiary/aromatic N) is 2. The first kappa shape index (κ1) is 14.5. The minimum absolute atomic E-state index is 0.441. The molecule has 118 valence electrons. The molecular formula is C18H17ClN2O2. The number of carbonyl (C=O) groups is 1. The van der Waals surface area contributed by atoms with E-state index in [1.54, 1.807) is 24.7 Å². The molecule has 0 saturated heterocycles. The van der Waals surface area contributed by atoms with E-state index >= 15 is 0 Å². The molecule has 1 saturated carbocycles. The van der Waals surface area contributed by atoms with Crippen molar-refractivity contribution >= 4 is 27.9 Å². The van der Waals surface area contributed by atoms with E-state index in [-0.39, 0.29) is 0 Å². The first-order valence-corrected chi connectivity index (χ1v) is 8.36. The lowest BCUT2D eigenvalue weighted by atomic mass is 9.95. The van der Waals surface area contributed by atoms with E-state index < -0.39 is 5.24 Å². The van der Waals surface area contributed by atoms with Crippen LogP contribution in [0.1, 0.15) is 48.5 Å². The maximum absolute atomic E-state index is 11.4. The zero-order valence-corrected chi connectivity index (χ0v) is 13.4. The SMILES string of the molecule is O=C(Cl)c1ccc2c(c1)nc(-c1ccoc1)n2C1CCCCC1. The van der Waals surface area contributed by atoms with Crippen LogP contribution in [-0.2, 0) is 0 Å². The number of furan rings is 1. The highest BCUT2D eigenvalue weighted by Crippen LogP contribution is 2.36. The summed E-state index contributed by atoms with van der Waals surface area (Å²) in [5.41, 5.74) is 3.30. The molecule has 0 aliphatic heterocycles. The lowest BCUT2D eigenvalue weighted by molar-refractivity contribution is 0.108. The van der Waals surface area contributed by atoms with Crippen LogP contribution in [0.15, 0.2) is 41.2 Å². The Bertz CT molecular complexity index is 845. The number of halogens is 1. The maximum Gasteiger partial charge on any atom is 0.252 e. The molecule has 2 aromatic heterocycles. The van der Waals surface area contributed by atoms with E-state index in [2.05, 4.69) is 4.57 Å². The van der Waals surface area contributed by atoms with Crippen LogP contribution in [0.2, 0.25) is 0 Å². The summed E-state index contributed by atoms with van der Waals surface area (Å²) >= 11 is 5.61. The van der Waals surface area contributed by atoms with Crippen LogP contribution in [0, 0.1) is 0 Å². The molecule has 3 aromatic rings. The highest BCUT2D eigenvalue weighted by molar-refractivity contribution is 6.67. The molecular weight excluding hydrogens is 312 g/mol. The molecule has 1 aliphatic carbocycles. The molecule has 4 nitrogen and oxygen atoms in total. The predicted octanol–water partition coefficient (Wildman–Crippen LogP) is 5.18. The van der Waals surface area contributed by atoms with Gasteiger partial charge in [0.1, 0.15) is 12.1 Å². The van der Waals surface area contributed by atoms with Crippen molar-refractivity contribution in [3.63, 3.8) is 0 Å². The molecule has 2 heterocycles. The van der Waals surface area contributed by atoms with E-state index in [1.807, 2.05) is 12.1 Å². The summed E-state index contributed by atoms with van der Waals surface area (Å²) in [5, 5.41) is -0.455. The smallest absolute Gasteiger partial charge is 0.252 e. The fraction of sp³-hybridized carbons (Fsp3) is 0.333. The third-order valence-electron chi connectivity index (χ3n) is 4.64. The summed E-state index contributed by atoms with van der Waals surface area (Å²) in [6.45, 7) is 0. The molecule has 1 aliphatic rings. The van der Waals surface area contributed by atoms with Gasteiger partial charge in [-0.05, 0) is 48.7 Å². The summed E-state index contributed by atoms with van der Waals surface area (Å²) in [6, 6.07) is 7.87. The first-order chi connectivity index (χ1) is 11.2. The maximum atomic E-state index is 11.4. The van der Waals surface area contributed by atoms with E-state index in [1.165, 1.54) is 19.3 Å². The number of hydrogen-bond acceptors (Lipinski definition) is 3. The molecule has 23 heavy (non-hydrogen) atoms. The average molecular weight is 329 g/mol. The summed E-state index contributed by atoms with van der Waals surface area (Å²) in [6.07, 6.45) is 9.48. The second-order valence-electron chi connectivity index (χ2n) is 6.09. The second kappa shape index (κ2) is 5.85. The topological polar surface area (TPSA) is 48.0 Å². The third-order valence-corrected chi connectivity index (χ3v) is 4.85. The molecule has 0 radical (unpaired) electrons. The second-order valence-corrected chi connectivity index (χ2v) is 6.43. The van der Waals surface area contributed by atoms with Gasteiger partial charge in [0.05, 0.1) is 22.9 Å². The van der Waals surface area contributed by atoms with E-state index in [4.69, 9.17) is 21.0 Å². The van der Waals surface area contributed by atoms with Crippen molar-refractivity contribution < 1.29 is 9.21 Å². The zero-order valence-electron chi connectivity index (χ0n) is 12.7. The van der Waals surface area contributed by atoms with Crippen LogP contribution in [0.4, 0.5) is 0 Å². The number of carbonyl (C=O) groups excluding carboxylic acids is 1. The van der Waals surface area contributed by atoms with Crippen LogP contribution in [-0.4, -0.2) is 14.8 Å². The van der Waals surface area contributed by atoms with Gasteiger partial charge in [0.15, 0.2) is 0 Å². The van der Waals surface area contributed by atoms with Gasteiger partial charge in [-0.3, -0.25) is 4.79 Å². The minimum atomic E-state index is -0.455. The Hall–Kier alpha value is -2.07. The Morgan fingerprint density at radius 2 is 2.04 bits per heavy atom. The minimum Gasteiger partial charge on any atom is -0.472 e. The van der Waals surface area contributed by atoms with Gasteiger partial charge in [0, 0.05) is 11.6 Å². The van der Waals surface area contributed by atoms with E-state index in [0.29, 0.717) is 11.6 Å². The predicted molar refractivity (Wildman–Crippen MR) is 89.7 cm³/mol. The molecule has 0 unspecified atom stereocenters. The number of fused-ring (bicyclic) bond motifs is 1. The molecule has 1 aromatic carbocycles. The van der Waals surface area contributed by atoms with Gasteiger partial charge in [-0.25, -0.2) is 4.98 Å². The van der Waals surface area contributed by atoms with Crippen molar-refractivity contribution in [2.75, 3.05) is 0 Å². The van der Waals surface area contributed by atoms with Gasteiger partial charge < -0.3 is 8.98 Å². The van der Waals surface area contributed by atoms with Crippen LogP contribution in [0.25, 0.3) is 22.4 Å². The molecule has 0 amide bonds. The standard InChI is InChI=1S/C18H17ClN2O2/c19-17(22)12-6-7-16-15(10-12)20-18(13-8-9-23-11-13)21(16)14-4-2-1-3-5-14/h6-11,14H,1-5H2. The Kier molecular flexibility index (Phi) is 3.69. The fourth-order valence-electron chi connectivity index (χ4n) is 3.53. The molecule has 4 rings (SSSR count). The van der Waals surface area contributed by atoms with Crippen molar-refractivity contribution in [2.45, 2.75) is 38.1 Å². The quantitative estimate of drug-likeness (QED) is 0.622.